The van der Waals surface area contributed by atoms with Crippen molar-refractivity contribution in [1.82, 2.24) is 0 Å². The zero-order chi connectivity index (χ0) is 15.4. The molecule has 0 saturated carbocycles. The summed E-state index contributed by atoms with van der Waals surface area (Å²) in [7, 11) is 0. The molecule has 22 heavy (non-hydrogen) atoms. The monoisotopic (exact) mass is 288 g/mol. The van der Waals surface area contributed by atoms with E-state index in [1.807, 2.05) is 42.5 Å². The SMILES string of the molecule is CC(C)c1ccc(-c2ccc(Oc3ccccc3)cc2)cc1. The van der Waals surface area contributed by atoms with Crippen LogP contribution in [0.25, 0.3) is 11.1 Å². The fraction of sp³-hybridized carbons (Fsp3) is 0.143. The van der Waals surface area contributed by atoms with Gasteiger partial charge in [-0.2, -0.15) is 0 Å². The summed E-state index contributed by atoms with van der Waals surface area (Å²) < 4.78 is 5.82. The lowest BCUT2D eigenvalue weighted by Crippen LogP contribution is -1.87. The van der Waals surface area contributed by atoms with E-state index in [0.717, 1.165) is 11.5 Å². The molecule has 0 N–H and O–H groups in total. The van der Waals surface area contributed by atoms with E-state index in [9.17, 15) is 0 Å². The molecule has 3 aromatic carbocycles. The van der Waals surface area contributed by atoms with Gasteiger partial charge in [0.2, 0.25) is 0 Å². The van der Waals surface area contributed by atoms with Crippen LogP contribution in [-0.4, -0.2) is 0 Å². The lowest BCUT2D eigenvalue weighted by molar-refractivity contribution is 0.483. The van der Waals surface area contributed by atoms with Crippen molar-refractivity contribution in [3.8, 4) is 22.6 Å². The molecule has 0 bridgehead atoms. The maximum atomic E-state index is 5.82. The number of para-hydroxylation sites is 1. The third kappa shape index (κ3) is 3.37. The molecule has 0 amide bonds. The summed E-state index contributed by atoms with van der Waals surface area (Å²) in [6.07, 6.45) is 0. The van der Waals surface area contributed by atoms with E-state index in [4.69, 9.17) is 4.74 Å². The predicted octanol–water partition coefficient (Wildman–Crippen LogP) is 6.27. The van der Waals surface area contributed by atoms with Crippen LogP contribution < -0.4 is 4.74 Å². The standard InChI is InChI=1S/C21H20O/c1-16(2)17-8-10-18(11-9-17)19-12-14-21(15-13-19)22-20-6-4-3-5-7-20/h3-16H,1-2H3. The third-order valence-corrected chi connectivity index (χ3v) is 3.74. The Bertz CT molecular complexity index is 710. The summed E-state index contributed by atoms with van der Waals surface area (Å²) in [5, 5.41) is 0. The molecule has 0 atom stereocenters. The van der Waals surface area contributed by atoms with Gasteiger partial charge in [0, 0.05) is 0 Å². The van der Waals surface area contributed by atoms with Gasteiger partial charge in [-0.05, 0) is 46.9 Å². The zero-order valence-corrected chi connectivity index (χ0v) is 13.0. The summed E-state index contributed by atoms with van der Waals surface area (Å²) in [4.78, 5) is 0. The molecule has 0 aliphatic heterocycles. The second kappa shape index (κ2) is 6.48. The van der Waals surface area contributed by atoms with Gasteiger partial charge in [0.1, 0.15) is 11.5 Å². The Morgan fingerprint density at radius 1 is 0.591 bits per heavy atom. The molecular weight excluding hydrogens is 268 g/mol. The van der Waals surface area contributed by atoms with E-state index >= 15 is 0 Å². The lowest BCUT2D eigenvalue weighted by atomic mass is 9.99. The van der Waals surface area contributed by atoms with Crippen LogP contribution in [0.3, 0.4) is 0 Å². The molecule has 1 heteroatoms. The molecule has 1 nitrogen and oxygen atoms in total. The average molecular weight is 288 g/mol. The van der Waals surface area contributed by atoms with Gasteiger partial charge in [0.05, 0.1) is 0 Å². The maximum absolute atomic E-state index is 5.82. The molecule has 3 rings (SSSR count). The van der Waals surface area contributed by atoms with Crippen molar-refractivity contribution in [3.63, 3.8) is 0 Å². The van der Waals surface area contributed by atoms with Crippen molar-refractivity contribution in [2.45, 2.75) is 19.8 Å². The fourth-order valence-electron chi connectivity index (χ4n) is 2.40. The largest absolute Gasteiger partial charge is 0.457 e. The average Bonchev–Trinajstić information content (AvgIpc) is 2.57. The zero-order valence-electron chi connectivity index (χ0n) is 13.0. The van der Waals surface area contributed by atoms with Crippen LogP contribution >= 0.6 is 0 Å². The molecule has 3 aromatic rings. The quantitative estimate of drug-likeness (QED) is 0.549. The van der Waals surface area contributed by atoms with Crippen LogP contribution in [0.4, 0.5) is 0 Å². The van der Waals surface area contributed by atoms with Gasteiger partial charge in [0.15, 0.2) is 0 Å². The van der Waals surface area contributed by atoms with Gasteiger partial charge in [-0.25, -0.2) is 0 Å². The number of rotatable bonds is 4. The summed E-state index contributed by atoms with van der Waals surface area (Å²) in [5.74, 6) is 2.28. The van der Waals surface area contributed by atoms with Crippen molar-refractivity contribution in [1.29, 1.82) is 0 Å². The van der Waals surface area contributed by atoms with Gasteiger partial charge in [-0.15, -0.1) is 0 Å². The van der Waals surface area contributed by atoms with E-state index in [1.165, 1.54) is 16.7 Å². The first-order valence-corrected chi connectivity index (χ1v) is 7.66. The van der Waals surface area contributed by atoms with Crippen molar-refractivity contribution in [2.24, 2.45) is 0 Å². The Balaban J connectivity index is 1.76. The molecular formula is C21H20O. The Morgan fingerprint density at radius 3 is 1.64 bits per heavy atom. The minimum Gasteiger partial charge on any atom is -0.457 e. The normalized spacial score (nSPS) is 10.7. The van der Waals surface area contributed by atoms with Crippen molar-refractivity contribution < 1.29 is 4.74 Å². The Kier molecular flexibility index (Phi) is 4.24. The van der Waals surface area contributed by atoms with Crippen LogP contribution in [0.15, 0.2) is 78.9 Å². The van der Waals surface area contributed by atoms with Gasteiger partial charge in [0.25, 0.3) is 0 Å². The number of benzene rings is 3. The van der Waals surface area contributed by atoms with Gasteiger partial charge < -0.3 is 4.74 Å². The number of hydrogen-bond donors (Lipinski definition) is 0. The van der Waals surface area contributed by atoms with Crippen LogP contribution in [0, 0.1) is 0 Å². The Hall–Kier alpha value is -2.54. The molecule has 0 radical (unpaired) electrons. The first kappa shape index (κ1) is 14.4. The molecule has 0 fully saturated rings. The lowest BCUT2D eigenvalue weighted by Gasteiger charge is -2.09. The highest BCUT2D eigenvalue weighted by molar-refractivity contribution is 5.64. The summed E-state index contributed by atoms with van der Waals surface area (Å²) in [6.45, 7) is 4.43. The maximum Gasteiger partial charge on any atom is 0.127 e. The molecule has 0 aliphatic rings. The van der Waals surface area contributed by atoms with Crippen molar-refractivity contribution >= 4 is 0 Å². The van der Waals surface area contributed by atoms with Crippen molar-refractivity contribution in [2.75, 3.05) is 0 Å². The van der Waals surface area contributed by atoms with Gasteiger partial charge in [-0.3, -0.25) is 0 Å². The van der Waals surface area contributed by atoms with Crippen LogP contribution in [-0.2, 0) is 0 Å². The second-order valence-electron chi connectivity index (χ2n) is 5.72. The van der Waals surface area contributed by atoms with Gasteiger partial charge >= 0.3 is 0 Å². The van der Waals surface area contributed by atoms with E-state index < -0.39 is 0 Å². The second-order valence-corrected chi connectivity index (χ2v) is 5.72. The predicted molar refractivity (Wildman–Crippen MR) is 92.5 cm³/mol. The molecule has 0 saturated heterocycles. The molecule has 110 valence electrons. The highest BCUT2D eigenvalue weighted by Gasteiger charge is 2.02. The summed E-state index contributed by atoms with van der Waals surface area (Å²) in [6, 6.07) is 26.8. The van der Waals surface area contributed by atoms with E-state index in [1.54, 1.807) is 0 Å². The molecule has 0 aliphatic carbocycles. The minimum absolute atomic E-state index is 0.565. The van der Waals surface area contributed by atoms with E-state index in [0.29, 0.717) is 5.92 Å². The smallest absolute Gasteiger partial charge is 0.127 e. The Labute approximate surface area is 132 Å². The minimum atomic E-state index is 0.565. The summed E-state index contributed by atoms with van der Waals surface area (Å²) in [5.41, 5.74) is 3.80. The van der Waals surface area contributed by atoms with Crippen LogP contribution in [0.5, 0.6) is 11.5 Å². The first-order valence-electron chi connectivity index (χ1n) is 7.66. The Morgan fingerprint density at radius 2 is 1.09 bits per heavy atom. The van der Waals surface area contributed by atoms with Gasteiger partial charge in [-0.1, -0.05) is 68.4 Å². The van der Waals surface area contributed by atoms with E-state index in [2.05, 4.69) is 50.2 Å². The van der Waals surface area contributed by atoms with Crippen LogP contribution in [0.1, 0.15) is 25.3 Å². The van der Waals surface area contributed by atoms with E-state index in [-0.39, 0.29) is 0 Å². The van der Waals surface area contributed by atoms with Crippen molar-refractivity contribution in [3.05, 3.63) is 84.4 Å². The third-order valence-electron chi connectivity index (χ3n) is 3.74. The highest BCUT2D eigenvalue weighted by Crippen LogP contribution is 2.26. The summed E-state index contributed by atoms with van der Waals surface area (Å²) >= 11 is 0. The fourth-order valence-corrected chi connectivity index (χ4v) is 2.40. The highest BCUT2D eigenvalue weighted by atomic mass is 16.5. The molecule has 0 heterocycles. The topological polar surface area (TPSA) is 9.23 Å². The number of hydrogen-bond acceptors (Lipinski definition) is 1. The molecule has 0 spiro atoms. The first-order chi connectivity index (χ1) is 10.7. The molecule has 0 unspecified atom stereocenters. The number of ether oxygens (including phenoxy) is 1. The van der Waals surface area contributed by atoms with Crippen LogP contribution in [0.2, 0.25) is 0 Å². The molecule has 0 aromatic heterocycles.